The van der Waals surface area contributed by atoms with E-state index in [0.29, 0.717) is 31.7 Å². The van der Waals surface area contributed by atoms with Gasteiger partial charge in [0, 0.05) is 49.3 Å². The molecule has 1 aliphatic rings. The first-order valence-corrected chi connectivity index (χ1v) is 11.5. The van der Waals surface area contributed by atoms with Crippen LogP contribution in [0.2, 0.25) is 0 Å². The Morgan fingerprint density at radius 1 is 1.21 bits per heavy atom. The Kier molecular flexibility index (Phi) is 6.92. The molecule has 7 nitrogen and oxygen atoms in total. The van der Waals surface area contributed by atoms with E-state index in [1.54, 1.807) is 12.0 Å². The molecule has 1 fully saturated rings. The third-order valence-corrected chi connectivity index (χ3v) is 6.39. The van der Waals surface area contributed by atoms with Gasteiger partial charge in [0.15, 0.2) is 0 Å². The van der Waals surface area contributed by atoms with Gasteiger partial charge in [0.05, 0.1) is 12.7 Å². The van der Waals surface area contributed by atoms with E-state index in [1.807, 2.05) is 31.2 Å². The Bertz CT molecular complexity index is 1140. The lowest BCUT2D eigenvalue weighted by atomic mass is 10.1. The molecule has 1 saturated heterocycles. The number of hydrogen-bond donors (Lipinski definition) is 1. The van der Waals surface area contributed by atoms with Crippen molar-refractivity contribution in [2.45, 2.75) is 25.6 Å². The Balaban J connectivity index is 1.33. The second-order valence-electron chi connectivity index (χ2n) is 8.02. The summed E-state index contributed by atoms with van der Waals surface area (Å²) in [4.78, 5) is 21.1. The maximum absolute atomic E-state index is 12.7. The molecule has 180 valence electrons. The quantitative estimate of drug-likeness (QED) is 0.550. The zero-order chi connectivity index (χ0) is 24.3. The van der Waals surface area contributed by atoms with Gasteiger partial charge in [0.25, 0.3) is 0 Å². The Labute approximate surface area is 199 Å². The maximum atomic E-state index is 12.7. The van der Waals surface area contributed by atoms with Gasteiger partial charge in [-0.3, -0.25) is 0 Å². The molecule has 0 saturated carbocycles. The fourth-order valence-corrected chi connectivity index (χ4v) is 4.50. The Morgan fingerprint density at radius 2 is 1.97 bits per heavy atom. The van der Waals surface area contributed by atoms with Crippen LogP contribution in [0.5, 0.6) is 5.75 Å². The van der Waals surface area contributed by atoms with Crippen molar-refractivity contribution < 1.29 is 22.7 Å². The molecule has 2 amide bonds. The van der Waals surface area contributed by atoms with Crippen LogP contribution in [0.4, 0.5) is 28.8 Å². The molecule has 11 heteroatoms. The Hall–Kier alpha value is -3.34. The fourth-order valence-electron chi connectivity index (χ4n) is 3.78. The predicted molar refractivity (Wildman–Crippen MR) is 125 cm³/mol. The highest BCUT2D eigenvalue weighted by atomic mass is 32.1. The molecule has 0 radical (unpaired) electrons. The van der Waals surface area contributed by atoms with E-state index in [1.165, 1.54) is 23.7 Å². The van der Waals surface area contributed by atoms with Gasteiger partial charge in [-0.15, -0.1) is 0 Å². The molecular weight excluding hydrogens is 467 g/mol. The molecule has 1 unspecified atom stereocenters. The number of anilines is 2. The summed E-state index contributed by atoms with van der Waals surface area (Å²) in [6, 6.07) is 11.7. The van der Waals surface area contributed by atoms with Gasteiger partial charge >= 0.3 is 12.2 Å². The van der Waals surface area contributed by atoms with Crippen molar-refractivity contribution in [3.63, 3.8) is 0 Å². The first kappa shape index (κ1) is 23.8. The molecule has 1 aromatic heterocycles. The van der Waals surface area contributed by atoms with Crippen LogP contribution in [0.3, 0.4) is 0 Å². The summed E-state index contributed by atoms with van der Waals surface area (Å²) < 4.78 is 47.9. The number of alkyl halides is 3. The second-order valence-corrected chi connectivity index (χ2v) is 8.75. The number of methoxy groups -OCH3 is 1. The molecule has 0 aliphatic carbocycles. The van der Waals surface area contributed by atoms with E-state index in [2.05, 4.69) is 19.6 Å². The first-order chi connectivity index (χ1) is 16.2. The number of halogens is 3. The monoisotopic (exact) mass is 491 g/mol. The van der Waals surface area contributed by atoms with Crippen molar-refractivity contribution in [2.75, 3.05) is 37.0 Å². The van der Waals surface area contributed by atoms with E-state index in [4.69, 9.17) is 4.74 Å². The van der Waals surface area contributed by atoms with Crippen LogP contribution in [0.15, 0.2) is 48.5 Å². The van der Waals surface area contributed by atoms with Gasteiger partial charge < -0.3 is 19.9 Å². The number of aromatic nitrogens is 2. The van der Waals surface area contributed by atoms with Crippen LogP contribution < -0.4 is 15.0 Å². The second kappa shape index (κ2) is 9.88. The Morgan fingerprint density at radius 3 is 2.65 bits per heavy atom. The molecule has 1 N–H and O–H groups in total. The lowest BCUT2D eigenvalue weighted by molar-refractivity contribution is -0.137. The number of benzene rings is 2. The van der Waals surface area contributed by atoms with Gasteiger partial charge in [-0.25, -0.2) is 9.78 Å². The number of nitrogens with one attached hydrogen (secondary N) is 1. The van der Waals surface area contributed by atoms with E-state index >= 15 is 0 Å². The molecule has 1 atom stereocenters. The lowest BCUT2D eigenvalue weighted by Gasteiger charge is -2.39. The van der Waals surface area contributed by atoms with Crippen molar-refractivity contribution in [3.05, 3.63) is 65.5 Å². The minimum atomic E-state index is -4.41. The summed E-state index contributed by atoms with van der Waals surface area (Å²) in [5.41, 5.74) is 0.621. The molecule has 2 heterocycles. The predicted octanol–water partition coefficient (Wildman–Crippen LogP) is 4.90. The van der Waals surface area contributed by atoms with Crippen LogP contribution in [0.1, 0.15) is 23.9 Å². The van der Waals surface area contributed by atoms with Crippen molar-refractivity contribution >= 4 is 28.4 Å². The average Bonchev–Trinajstić information content (AvgIpc) is 3.27. The van der Waals surface area contributed by atoms with Gasteiger partial charge in [-0.05, 0) is 48.9 Å². The average molecular weight is 492 g/mol. The highest BCUT2D eigenvalue weighted by molar-refractivity contribution is 7.09. The number of rotatable bonds is 5. The summed E-state index contributed by atoms with van der Waals surface area (Å²) in [6.07, 6.45) is -3.81. The zero-order valence-corrected chi connectivity index (χ0v) is 19.5. The number of carbonyl (C=O) groups is 1. The maximum Gasteiger partial charge on any atom is 0.416 e. The van der Waals surface area contributed by atoms with Gasteiger partial charge in [0.1, 0.15) is 11.6 Å². The molecule has 2 aromatic carbocycles. The number of carbonyl (C=O) groups excluding carboxylic acids is 1. The molecule has 0 bridgehead atoms. The number of urea groups is 1. The summed E-state index contributed by atoms with van der Waals surface area (Å²) in [5.74, 6) is 1.51. The number of nitrogens with zero attached hydrogens (tertiary/aromatic N) is 4. The first-order valence-electron chi connectivity index (χ1n) is 10.7. The van der Waals surface area contributed by atoms with E-state index in [9.17, 15) is 18.0 Å². The van der Waals surface area contributed by atoms with E-state index in [0.717, 1.165) is 34.4 Å². The van der Waals surface area contributed by atoms with Crippen molar-refractivity contribution in [1.29, 1.82) is 0 Å². The number of amides is 2. The summed E-state index contributed by atoms with van der Waals surface area (Å²) in [6.45, 7) is 3.54. The normalized spacial score (nSPS) is 16.4. The standard InChI is InChI=1S/C23H24F3N5O2S/c1-15-14-30(22-28-20(29-34-22)13-16-4-3-5-19(12-16)33-2)10-11-31(15)21(32)27-18-8-6-17(7-9-18)23(24,25)26/h3-9,12,15H,10-11,13-14H2,1-2H3,(H,27,32). The van der Waals surface area contributed by atoms with Crippen molar-refractivity contribution in [2.24, 2.45) is 0 Å². The van der Waals surface area contributed by atoms with Crippen LogP contribution in [-0.4, -0.2) is 53.1 Å². The summed E-state index contributed by atoms with van der Waals surface area (Å²) in [5, 5.41) is 3.48. The SMILES string of the molecule is COc1cccc(Cc2nsc(N3CCN(C(=O)Nc4ccc(C(F)(F)F)cc4)C(C)C3)n2)c1. The number of hydrogen-bond acceptors (Lipinski definition) is 6. The minimum Gasteiger partial charge on any atom is -0.497 e. The van der Waals surface area contributed by atoms with Crippen LogP contribution >= 0.6 is 11.5 Å². The third kappa shape index (κ3) is 5.58. The highest BCUT2D eigenvalue weighted by Crippen LogP contribution is 2.30. The van der Waals surface area contributed by atoms with Crippen LogP contribution in [-0.2, 0) is 12.6 Å². The topological polar surface area (TPSA) is 70.6 Å². The smallest absolute Gasteiger partial charge is 0.416 e. The van der Waals surface area contributed by atoms with Crippen LogP contribution in [0, 0.1) is 0 Å². The molecule has 3 aromatic rings. The fraction of sp³-hybridized carbons (Fsp3) is 0.348. The van der Waals surface area contributed by atoms with Crippen molar-refractivity contribution in [3.8, 4) is 5.75 Å². The molecule has 34 heavy (non-hydrogen) atoms. The van der Waals surface area contributed by atoms with E-state index < -0.39 is 11.7 Å². The van der Waals surface area contributed by atoms with Gasteiger partial charge in [-0.1, -0.05) is 12.1 Å². The van der Waals surface area contributed by atoms with Crippen LogP contribution in [0.25, 0.3) is 0 Å². The number of ether oxygens (including phenoxy) is 1. The molecular formula is C23H24F3N5O2S. The summed E-state index contributed by atoms with van der Waals surface area (Å²) in [7, 11) is 1.63. The van der Waals surface area contributed by atoms with Gasteiger partial charge in [0.2, 0.25) is 5.13 Å². The summed E-state index contributed by atoms with van der Waals surface area (Å²) >= 11 is 1.33. The molecule has 4 rings (SSSR count). The molecule has 0 spiro atoms. The van der Waals surface area contributed by atoms with E-state index in [-0.39, 0.29) is 12.1 Å². The van der Waals surface area contributed by atoms with Gasteiger partial charge in [-0.2, -0.15) is 17.5 Å². The third-order valence-electron chi connectivity index (χ3n) is 5.58. The number of piperazine rings is 1. The zero-order valence-electron chi connectivity index (χ0n) is 18.7. The van der Waals surface area contributed by atoms with Crippen molar-refractivity contribution in [1.82, 2.24) is 14.3 Å². The minimum absolute atomic E-state index is 0.117. The molecule has 1 aliphatic heterocycles. The highest BCUT2D eigenvalue weighted by Gasteiger charge is 2.31. The lowest BCUT2D eigenvalue weighted by Crippen LogP contribution is -2.55. The largest absolute Gasteiger partial charge is 0.497 e.